The minimum Gasteiger partial charge on any atom is -0.497 e. The first kappa shape index (κ1) is 15.3. The van der Waals surface area contributed by atoms with Crippen LogP contribution in [0.2, 0.25) is 0 Å². The van der Waals surface area contributed by atoms with E-state index in [4.69, 9.17) is 14.2 Å². The van der Waals surface area contributed by atoms with Gasteiger partial charge in [0.25, 0.3) is 0 Å². The first-order valence-corrected chi connectivity index (χ1v) is 6.10. The molecule has 5 nitrogen and oxygen atoms in total. The Morgan fingerprint density at radius 1 is 1.26 bits per heavy atom. The second kappa shape index (κ2) is 7.63. The molecule has 0 fully saturated rings. The Bertz CT molecular complexity index is 420. The molecule has 1 rings (SSSR count). The van der Waals surface area contributed by atoms with Crippen LogP contribution in [0, 0.1) is 0 Å². The molecule has 0 radical (unpaired) electrons. The van der Waals surface area contributed by atoms with Crippen LogP contribution in [-0.2, 0) is 16.0 Å². The van der Waals surface area contributed by atoms with Crippen molar-refractivity contribution in [2.75, 3.05) is 27.9 Å². The van der Waals surface area contributed by atoms with E-state index >= 15 is 0 Å². The Morgan fingerprint density at radius 2 is 2.00 bits per heavy atom. The Balaban J connectivity index is 2.71. The fraction of sp³-hybridized carbons (Fsp3) is 0.500. The Morgan fingerprint density at radius 3 is 2.58 bits per heavy atom. The van der Waals surface area contributed by atoms with E-state index in [0.717, 1.165) is 5.56 Å². The zero-order valence-corrected chi connectivity index (χ0v) is 11.9. The smallest absolute Gasteiger partial charge is 0.224 e. The topological polar surface area (TPSA) is 56.8 Å². The molecule has 0 aromatic heterocycles. The number of methoxy groups -OCH3 is 3. The van der Waals surface area contributed by atoms with E-state index in [2.05, 4.69) is 5.32 Å². The highest BCUT2D eigenvalue weighted by Gasteiger charge is 2.12. The summed E-state index contributed by atoms with van der Waals surface area (Å²) in [4.78, 5) is 11.9. The van der Waals surface area contributed by atoms with Crippen LogP contribution in [0.15, 0.2) is 18.2 Å². The summed E-state index contributed by atoms with van der Waals surface area (Å²) in [6.07, 6.45) is 0.244. The summed E-state index contributed by atoms with van der Waals surface area (Å²) < 4.78 is 15.4. The molecule has 1 atom stereocenters. The molecule has 106 valence electrons. The van der Waals surface area contributed by atoms with E-state index in [1.807, 2.05) is 6.92 Å². The highest BCUT2D eigenvalue weighted by Crippen LogP contribution is 2.24. The standard InChI is InChI=1S/C14H21NO4/c1-10(9-17-2)15-14(16)8-11-7-12(18-3)5-6-13(11)19-4/h5-7,10H,8-9H2,1-4H3,(H,15,16). The van der Waals surface area contributed by atoms with Gasteiger partial charge in [0, 0.05) is 18.7 Å². The number of ether oxygens (including phenoxy) is 3. The van der Waals surface area contributed by atoms with Gasteiger partial charge >= 0.3 is 0 Å². The molecule has 1 aromatic rings. The van der Waals surface area contributed by atoms with E-state index in [1.54, 1.807) is 39.5 Å². The average molecular weight is 267 g/mol. The monoisotopic (exact) mass is 267 g/mol. The van der Waals surface area contributed by atoms with Crippen LogP contribution in [0.3, 0.4) is 0 Å². The normalized spacial score (nSPS) is 11.8. The average Bonchev–Trinajstić information content (AvgIpc) is 2.38. The molecule has 0 bridgehead atoms. The van der Waals surface area contributed by atoms with Crippen molar-refractivity contribution in [2.45, 2.75) is 19.4 Å². The van der Waals surface area contributed by atoms with Gasteiger partial charge < -0.3 is 19.5 Å². The third-order valence-corrected chi connectivity index (χ3v) is 2.66. The van der Waals surface area contributed by atoms with E-state index < -0.39 is 0 Å². The Hall–Kier alpha value is -1.75. The largest absolute Gasteiger partial charge is 0.497 e. The lowest BCUT2D eigenvalue weighted by molar-refractivity contribution is -0.121. The molecule has 0 saturated heterocycles. The number of carbonyl (C=O) groups is 1. The van der Waals surface area contributed by atoms with Crippen LogP contribution in [0.4, 0.5) is 0 Å². The molecule has 1 amide bonds. The molecule has 0 spiro atoms. The molecule has 1 unspecified atom stereocenters. The maximum absolute atomic E-state index is 11.9. The van der Waals surface area contributed by atoms with Crippen LogP contribution in [0.25, 0.3) is 0 Å². The first-order chi connectivity index (χ1) is 9.10. The molecule has 19 heavy (non-hydrogen) atoms. The van der Waals surface area contributed by atoms with Crippen molar-refractivity contribution < 1.29 is 19.0 Å². The van der Waals surface area contributed by atoms with Gasteiger partial charge in [-0.1, -0.05) is 0 Å². The summed E-state index contributed by atoms with van der Waals surface area (Å²) in [5, 5.41) is 2.86. The van der Waals surface area contributed by atoms with Crippen molar-refractivity contribution in [3.63, 3.8) is 0 Å². The molecule has 1 N–H and O–H groups in total. The van der Waals surface area contributed by atoms with Crippen molar-refractivity contribution >= 4 is 5.91 Å². The van der Waals surface area contributed by atoms with Crippen LogP contribution in [0.5, 0.6) is 11.5 Å². The molecular weight excluding hydrogens is 246 g/mol. The second-order valence-electron chi connectivity index (χ2n) is 4.28. The summed E-state index contributed by atoms with van der Waals surface area (Å²) in [5.41, 5.74) is 0.795. The third kappa shape index (κ3) is 4.79. The second-order valence-corrected chi connectivity index (χ2v) is 4.28. The van der Waals surface area contributed by atoms with Gasteiger partial charge in [0.15, 0.2) is 0 Å². The Kier molecular flexibility index (Phi) is 6.15. The highest BCUT2D eigenvalue weighted by molar-refractivity contribution is 5.79. The number of nitrogens with one attached hydrogen (secondary N) is 1. The lowest BCUT2D eigenvalue weighted by Gasteiger charge is -2.14. The van der Waals surface area contributed by atoms with Gasteiger partial charge in [-0.05, 0) is 25.1 Å². The molecule has 0 aliphatic rings. The fourth-order valence-electron chi connectivity index (χ4n) is 1.81. The van der Waals surface area contributed by atoms with Crippen LogP contribution in [-0.4, -0.2) is 39.9 Å². The van der Waals surface area contributed by atoms with E-state index in [1.165, 1.54) is 0 Å². The molecule has 1 aromatic carbocycles. The summed E-state index contributed by atoms with van der Waals surface area (Å²) in [6, 6.07) is 5.38. The fourth-order valence-corrected chi connectivity index (χ4v) is 1.81. The molecule has 0 heterocycles. The van der Waals surface area contributed by atoms with Gasteiger partial charge in [-0.15, -0.1) is 0 Å². The Labute approximate surface area is 113 Å². The van der Waals surface area contributed by atoms with Gasteiger partial charge in [0.2, 0.25) is 5.91 Å². The summed E-state index contributed by atoms with van der Waals surface area (Å²) >= 11 is 0. The summed E-state index contributed by atoms with van der Waals surface area (Å²) in [5.74, 6) is 1.31. The maximum atomic E-state index is 11.9. The van der Waals surface area contributed by atoms with Crippen LogP contribution < -0.4 is 14.8 Å². The van der Waals surface area contributed by atoms with E-state index in [0.29, 0.717) is 18.1 Å². The number of benzene rings is 1. The molecule has 5 heteroatoms. The highest BCUT2D eigenvalue weighted by atomic mass is 16.5. The van der Waals surface area contributed by atoms with Gasteiger partial charge in [0.05, 0.1) is 27.2 Å². The lowest BCUT2D eigenvalue weighted by Crippen LogP contribution is -2.36. The number of carbonyl (C=O) groups excluding carboxylic acids is 1. The zero-order chi connectivity index (χ0) is 14.3. The lowest BCUT2D eigenvalue weighted by atomic mass is 10.1. The third-order valence-electron chi connectivity index (χ3n) is 2.66. The maximum Gasteiger partial charge on any atom is 0.224 e. The van der Waals surface area contributed by atoms with Crippen molar-refractivity contribution in [3.8, 4) is 11.5 Å². The predicted octanol–water partition coefficient (Wildman–Crippen LogP) is 1.40. The predicted molar refractivity (Wildman–Crippen MR) is 72.7 cm³/mol. The van der Waals surface area contributed by atoms with Crippen LogP contribution >= 0.6 is 0 Å². The first-order valence-electron chi connectivity index (χ1n) is 6.10. The minimum atomic E-state index is -0.0731. The van der Waals surface area contributed by atoms with E-state index in [-0.39, 0.29) is 18.4 Å². The summed E-state index contributed by atoms with van der Waals surface area (Å²) in [7, 11) is 4.77. The van der Waals surface area contributed by atoms with Crippen molar-refractivity contribution in [1.82, 2.24) is 5.32 Å². The molecule has 0 aliphatic carbocycles. The van der Waals surface area contributed by atoms with Crippen molar-refractivity contribution in [1.29, 1.82) is 0 Å². The van der Waals surface area contributed by atoms with Crippen LogP contribution in [0.1, 0.15) is 12.5 Å². The number of hydrogen-bond donors (Lipinski definition) is 1. The SMILES string of the molecule is COCC(C)NC(=O)Cc1cc(OC)ccc1OC. The van der Waals surface area contributed by atoms with Gasteiger partial charge in [-0.3, -0.25) is 4.79 Å². The molecular formula is C14H21NO4. The molecule has 0 saturated carbocycles. The molecule has 0 aliphatic heterocycles. The van der Waals surface area contributed by atoms with Gasteiger partial charge in [0.1, 0.15) is 11.5 Å². The van der Waals surface area contributed by atoms with Crippen molar-refractivity contribution in [2.24, 2.45) is 0 Å². The number of rotatable bonds is 7. The summed E-state index contributed by atoms with van der Waals surface area (Å²) in [6.45, 7) is 2.38. The number of amides is 1. The van der Waals surface area contributed by atoms with Gasteiger partial charge in [-0.2, -0.15) is 0 Å². The number of hydrogen-bond acceptors (Lipinski definition) is 4. The van der Waals surface area contributed by atoms with Crippen molar-refractivity contribution in [3.05, 3.63) is 23.8 Å². The zero-order valence-electron chi connectivity index (χ0n) is 11.9. The van der Waals surface area contributed by atoms with E-state index in [9.17, 15) is 4.79 Å². The quantitative estimate of drug-likeness (QED) is 0.811. The van der Waals surface area contributed by atoms with Gasteiger partial charge in [-0.25, -0.2) is 0 Å². The minimum absolute atomic E-state index is 0.0193.